The number of pyridine rings is 1. The molecule has 4 aromatic rings. The summed E-state index contributed by atoms with van der Waals surface area (Å²) in [4.78, 5) is 15.3. The molecule has 0 aliphatic carbocycles. The molecule has 0 atom stereocenters. The van der Waals surface area contributed by atoms with Gasteiger partial charge in [-0.05, 0) is 41.5 Å². The van der Waals surface area contributed by atoms with E-state index in [1.807, 2.05) is 30.3 Å². The van der Waals surface area contributed by atoms with Crippen molar-refractivity contribution in [3.8, 4) is 33.9 Å². The van der Waals surface area contributed by atoms with Gasteiger partial charge < -0.3 is 22.6 Å². The zero-order chi connectivity index (χ0) is 19.0. The number of benzene rings is 3. The summed E-state index contributed by atoms with van der Waals surface area (Å²) in [6.07, 6.45) is 0. The molecule has 7 heteroatoms. The fraction of sp³-hybridized carbons (Fsp3) is 0. The Balaban J connectivity index is 0.00000225. The Hall–Kier alpha value is -3.64. The molecular formula is C21H14ClN2O4-. The highest BCUT2D eigenvalue weighted by atomic mass is 35.5. The monoisotopic (exact) mass is 393 g/mol. The minimum Gasteiger partial charge on any atom is -1.00 e. The molecular weight excluding hydrogens is 380 g/mol. The van der Waals surface area contributed by atoms with Crippen molar-refractivity contribution in [3.63, 3.8) is 0 Å². The fourth-order valence-electron chi connectivity index (χ4n) is 3.05. The molecule has 0 unspecified atom stereocenters. The van der Waals surface area contributed by atoms with Crippen LogP contribution in [-0.4, -0.2) is 20.1 Å². The third-order valence-electron chi connectivity index (χ3n) is 4.34. The van der Waals surface area contributed by atoms with Gasteiger partial charge in [-0.15, -0.1) is 0 Å². The van der Waals surface area contributed by atoms with Crippen LogP contribution in [0.25, 0.3) is 33.3 Å². The maximum atomic E-state index is 11.2. The van der Waals surface area contributed by atoms with Gasteiger partial charge in [0, 0.05) is 23.1 Å². The summed E-state index contributed by atoms with van der Waals surface area (Å²) < 4.78 is 0. The average Bonchev–Trinajstić information content (AvgIpc) is 2.69. The van der Waals surface area contributed by atoms with Gasteiger partial charge in [0.25, 0.3) is 5.69 Å². The second kappa shape index (κ2) is 7.54. The van der Waals surface area contributed by atoms with E-state index in [2.05, 4.69) is 4.98 Å². The lowest BCUT2D eigenvalue weighted by Crippen LogP contribution is -3.00. The number of non-ortho nitro benzene ring substituents is 1. The van der Waals surface area contributed by atoms with Crippen LogP contribution in [0.15, 0.2) is 72.8 Å². The molecule has 0 aliphatic heterocycles. The first kappa shape index (κ1) is 19.1. The smallest absolute Gasteiger partial charge is 0.270 e. The Morgan fingerprint density at radius 3 is 2.32 bits per heavy atom. The summed E-state index contributed by atoms with van der Waals surface area (Å²) >= 11 is 0. The first-order valence-electron chi connectivity index (χ1n) is 8.20. The summed E-state index contributed by atoms with van der Waals surface area (Å²) in [5, 5.41) is 31.8. The van der Waals surface area contributed by atoms with Gasteiger partial charge in [0.1, 0.15) is 11.5 Å². The number of fused-ring (bicyclic) bond motifs is 1. The number of nitro benzene ring substituents is 1. The van der Waals surface area contributed by atoms with Crippen LogP contribution in [0.2, 0.25) is 0 Å². The van der Waals surface area contributed by atoms with Gasteiger partial charge in [0.2, 0.25) is 0 Å². The lowest BCUT2D eigenvalue weighted by atomic mass is 9.97. The van der Waals surface area contributed by atoms with Gasteiger partial charge in [-0.2, -0.15) is 0 Å². The van der Waals surface area contributed by atoms with Gasteiger partial charge in [-0.1, -0.05) is 30.3 Å². The van der Waals surface area contributed by atoms with Crippen LogP contribution in [-0.2, 0) is 0 Å². The molecule has 1 aromatic heterocycles. The number of nitrogens with zero attached hydrogens (tertiary/aromatic N) is 2. The van der Waals surface area contributed by atoms with Crippen molar-refractivity contribution < 1.29 is 27.5 Å². The van der Waals surface area contributed by atoms with E-state index in [0.717, 1.165) is 11.1 Å². The molecule has 140 valence electrons. The third kappa shape index (κ3) is 3.45. The predicted molar refractivity (Wildman–Crippen MR) is 103 cm³/mol. The molecule has 28 heavy (non-hydrogen) atoms. The second-order valence-corrected chi connectivity index (χ2v) is 6.08. The third-order valence-corrected chi connectivity index (χ3v) is 4.34. The summed E-state index contributed by atoms with van der Waals surface area (Å²) in [5.41, 5.74) is 3.00. The lowest BCUT2D eigenvalue weighted by Gasteiger charge is -2.11. The molecule has 1 heterocycles. The number of rotatable bonds is 3. The zero-order valence-electron chi connectivity index (χ0n) is 14.4. The number of nitro groups is 1. The van der Waals surface area contributed by atoms with E-state index in [4.69, 9.17) is 0 Å². The Bertz CT molecular complexity index is 1180. The van der Waals surface area contributed by atoms with Crippen molar-refractivity contribution >= 4 is 16.6 Å². The van der Waals surface area contributed by atoms with Crippen LogP contribution in [0.3, 0.4) is 0 Å². The first-order chi connectivity index (χ1) is 13.0. The molecule has 0 saturated carbocycles. The SMILES string of the molecule is O=[N+]([O-])c1ccc2nc(-c3cc(O)ccc3O)cc(-c3ccccc3)c2c1.[Cl-]. The van der Waals surface area contributed by atoms with Crippen molar-refractivity contribution in [1.82, 2.24) is 4.98 Å². The Morgan fingerprint density at radius 1 is 0.857 bits per heavy atom. The molecule has 0 amide bonds. The van der Waals surface area contributed by atoms with Gasteiger partial charge in [0.05, 0.1) is 16.1 Å². The minimum atomic E-state index is -0.441. The van der Waals surface area contributed by atoms with Crippen LogP contribution in [0.4, 0.5) is 5.69 Å². The largest absolute Gasteiger partial charge is 1.00 e. The molecule has 0 bridgehead atoms. The molecule has 0 aliphatic rings. The summed E-state index contributed by atoms with van der Waals surface area (Å²) in [6.45, 7) is 0. The van der Waals surface area contributed by atoms with Crippen LogP contribution in [0, 0.1) is 10.1 Å². The lowest BCUT2D eigenvalue weighted by molar-refractivity contribution is -0.384. The number of halogens is 1. The molecule has 0 saturated heterocycles. The van der Waals surface area contributed by atoms with E-state index in [9.17, 15) is 20.3 Å². The number of phenolic OH excluding ortho intramolecular Hbond substituents is 2. The number of phenols is 2. The maximum absolute atomic E-state index is 11.2. The van der Waals surface area contributed by atoms with Crippen LogP contribution < -0.4 is 12.4 Å². The van der Waals surface area contributed by atoms with E-state index in [-0.39, 0.29) is 29.6 Å². The number of aromatic hydroxyl groups is 2. The average molecular weight is 394 g/mol. The molecule has 0 radical (unpaired) electrons. The highest BCUT2D eigenvalue weighted by molar-refractivity contribution is 5.98. The minimum absolute atomic E-state index is 0. The second-order valence-electron chi connectivity index (χ2n) is 6.08. The zero-order valence-corrected chi connectivity index (χ0v) is 15.2. The molecule has 0 fully saturated rings. The molecule has 3 aromatic carbocycles. The topological polar surface area (TPSA) is 96.5 Å². The van der Waals surface area contributed by atoms with Gasteiger partial charge in [0.15, 0.2) is 0 Å². The summed E-state index contributed by atoms with van der Waals surface area (Å²) in [7, 11) is 0. The van der Waals surface area contributed by atoms with Crippen molar-refractivity contribution in [2.45, 2.75) is 0 Å². The van der Waals surface area contributed by atoms with E-state index in [1.165, 1.54) is 30.3 Å². The molecule has 2 N–H and O–H groups in total. The van der Waals surface area contributed by atoms with E-state index < -0.39 is 4.92 Å². The van der Waals surface area contributed by atoms with Gasteiger partial charge in [-0.3, -0.25) is 10.1 Å². The van der Waals surface area contributed by atoms with E-state index in [1.54, 1.807) is 12.1 Å². The first-order valence-corrected chi connectivity index (χ1v) is 8.20. The van der Waals surface area contributed by atoms with E-state index >= 15 is 0 Å². The predicted octanol–water partition coefficient (Wildman–Crippen LogP) is 1.89. The number of hydrogen-bond acceptors (Lipinski definition) is 5. The van der Waals surface area contributed by atoms with E-state index in [0.29, 0.717) is 22.2 Å². The number of aromatic nitrogens is 1. The highest BCUT2D eigenvalue weighted by Crippen LogP contribution is 2.37. The summed E-state index contributed by atoms with van der Waals surface area (Å²) in [5.74, 6) is -0.00442. The van der Waals surface area contributed by atoms with Crippen LogP contribution in [0.5, 0.6) is 11.5 Å². The molecule has 6 nitrogen and oxygen atoms in total. The Morgan fingerprint density at radius 2 is 1.61 bits per heavy atom. The standard InChI is InChI=1S/C21H14N2O4.ClH/c24-15-7-9-21(25)18(11-15)20-12-16(13-4-2-1-3-5-13)17-10-14(23(26)27)6-8-19(17)22-20;/h1-12,24-25H;1H/p-1. The van der Waals surface area contributed by atoms with Crippen molar-refractivity contribution in [2.75, 3.05) is 0 Å². The van der Waals surface area contributed by atoms with Crippen molar-refractivity contribution in [3.05, 3.63) is 82.9 Å². The fourth-order valence-corrected chi connectivity index (χ4v) is 3.05. The Kier molecular flexibility index (Phi) is 5.15. The molecule has 0 spiro atoms. The maximum Gasteiger partial charge on any atom is 0.270 e. The van der Waals surface area contributed by atoms with Crippen molar-refractivity contribution in [2.24, 2.45) is 0 Å². The summed E-state index contributed by atoms with van der Waals surface area (Å²) in [6, 6.07) is 19.9. The van der Waals surface area contributed by atoms with Crippen LogP contribution >= 0.6 is 0 Å². The van der Waals surface area contributed by atoms with Crippen LogP contribution in [0.1, 0.15) is 0 Å². The normalized spacial score (nSPS) is 10.4. The van der Waals surface area contributed by atoms with Crippen molar-refractivity contribution in [1.29, 1.82) is 0 Å². The quantitative estimate of drug-likeness (QED) is 0.315. The van der Waals surface area contributed by atoms with Gasteiger partial charge >= 0.3 is 0 Å². The number of hydrogen-bond donors (Lipinski definition) is 2. The highest BCUT2D eigenvalue weighted by Gasteiger charge is 2.15. The Labute approximate surface area is 166 Å². The molecule has 4 rings (SSSR count). The van der Waals surface area contributed by atoms with Gasteiger partial charge in [-0.25, -0.2) is 4.98 Å².